The third kappa shape index (κ3) is 2.13. The Hall–Kier alpha value is -1.77. The number of hydrogen-bond acceptors (Lipinski definition) is 0. The first-order valence-electron chi connectivity index (χ1n) is 5.78. The van der Waals surface area contributed by atoms with E-state index in [1.807, 2.05) is 19.1 Å². The van der Waals surface area contributed by atoms with E-state index in [-0.39, 0.29) is 11.1 Å². The van der Waals surface area contributed by atoms with Crippen LogP contribution in [0.4, 0.5) is 13.2 Å². The van der Waals surface area contributed by atoms with Gasteiger partial charge in [-0.3, -0.25) is 0 Å². The van der Waals surface area contributed by atoms with Gasteiger partial charge in [-0.25, -0.2) is 13.2 Å². The Morgan fingerprint density at radius 3 is 2.11 bits per heavy atom. The second-order valence-corrected chi connectivity index (χ2v) is 4.21. The van der Waals surface area contributed by atoms with Crippen LogP contribution < -0.4 is 0 Å². The SMILES string of the molecule is CCc1ccc(-c2cc(F)c(C)c(F)c2F)cc1. The Morgan fingerprint density at radius 2 is 1.56 bits per heavy atom. The van der Waals surface area contributed by atoms with Gasteiger partial charge in [0.1, 0.15) is 5.82 Å². The number of benzene rings is 2. The molecule has 2 rings (SSSR count). The van der Waals surface area contributed by atoms with Gasteiger partial charge in [-0.1, -0.05) is 31.2 Å². The highest BCUT2D eigenvalue weighted by atomic mass is 19.2. The smallest absolute Gasteiger partial charge is 0.167 e. The quantitative estimate of drug-likeness (QED) is 0.681. The molecule has 0 aliphatic carbocycles. The molecule has 3 heteroatoms. The van der Waals surface area contributed by atoms with Gasteiger partial charge in [0.15, 0.2) is 11.6 Å². The molecule has 18 heavy (non-hydrogen) atoms. The molecule has 0 heterocycles. The molecule has 0 spiro atoms. The maximum Gasteiger partial charge on any atom is 0.167 e. The summed E-state index contributed by atoms with van der Waals surface area (Å²) in [5, 5.41) is 0. The summed E-state index contributed by atoms with van der Waals surface area (Å²) in [7, 11) is 0. The van der Waals surface area contributed by atoms with E-state index in [0.717, 1.165) is 18.1 Å². The zero-order valence-corrected chi connectivity index (χ0v) is 10.2. The minimum Gasteiger partial charge on any atom is -0.207 e. The third-order valence-electron chi connectivity index (χ3n) is 3.06. The maximum absolute atomic E-state index is 13.8. The van der Waals surface area contributed by atoms with Gasteiger partial charge in [-0.15, -0.1) is 0 Å². The van der Waals surface area contributed by atoms with Crippen LogP contribution in [0.25, 0.3) is 11.1 Å². The zero-order valence-electron chi connectivity index (χ0n) is 10.2. The molecular weight excluding hydrogens is 237 g/mol. The van der Waals surface area contributed by atoms with Gasteiger partial charge in [0.2, 0.25) is 0 Å². The fourth-order valence-corrected chi connectivity index (χ4v) is 1.82. The third-order valence-corrected chi connectivity index (χ3v) is 3.06. The first-order valence-corrected chi connectivity index (χ1v) is 5.78. The normalized spacial score (nSPS) is 10.7. The average Bonchev–Trinajstić information content (AvgIpc) is 2.41. The highest BCUT2D eigenvalue weighted by molar-refractivity contribution is 5.65. The topological polar surface area (TPSA) is 0 Å². The largest absolute Gasteiger partial charge is 0.207 e. The van der Waals surface area contributed by atoms with Crippen LogP contribution in [0.15, 0.2) is 30.3 Å². The van der Waals surface area contributed by atoms with E-state index >= 15 is 0 Å². The number of halogens is 3. The average molecular weight is 250 g/mol. The van der Waals surface area contributed by atoms with E-state index in [4.69, 9.17) is 0 Å². The monoisotopic (exact) mass is 250 g/mol. The molecule has 0 saturated carbocycles. The van der Waals surface area contributed by atoms with Crippen LogP contribution >= 0.6 is 0 Å². The first-order chi connectivity index (χ1) is 8.54. The Bertz CT molecular complexity index is 571. The first kappa shape index (κ1) is 12.7. The summed E-state index contributed by atoms with van der Waals surface area (Å²) < 4.78 is 40.7. The summed E-state index contributed by atoms with van der Waals surface area (Å²) >= 11 is 0. The molecule has 0 bridgehead atoms. The zero-order chi connectivity index (χ0) is 13.3. The van der Waals surface area contributed by atoms with Crippen molar-refractivity contribution in [3.05, 3.63) is 58.9 Å². The predicted molar refractivity (Wildman–Crippen MR) is 65.9 cm³/mol. The summed E-state index contributed by atoms with van der Waals surface area (Å²) in [6.45, 7) is 3.22. The van der Waals surface area contributed by atoms with Crippen LogP contribution in [-0.4, -0.2) is 0 Å². The molecule has 94 valence electrons. The second-order valence-electron chi connectivity index (χ2n) is 4.21. The van der Waals surface area contributed by atoms with Gasteiger partial charge in [-0.05, 0) is 30.5 Å². The van der Waals surface area contributed by atoms with Gasteiger partial charge >= 0.3 is 0 Å². The van der Waals surface area contributed by atoms with Crippen LogP contribution in [0.1, 0.15) is 18.1 Å². The number of rotatable bonds is 2. The molecule has 2 aromatic rings. The van der Waals surface area contributed by atoms with E-state index in [9.17, 15) is 13.2 Å². The number of aryl methyl sites for hydroxylation is 1. The fraction of sp³-hybridized carbons (Fsp3) is 0.200. The van der Waals surface area contributed by atoms with E-state index in [1.54, 1.807) is 12.1 Å². The molecule has 0 saturated heterocycles. The molecule has 0 aliphatic rings. The van der Waals surface area contributed by atoms with Crippen LogP contribution in [0.5, 0.6) is 0 Å². The van der Waals surface area contributed by atoms with Crippen molar-refractivity contribution in [3.8, 4) is 11.1 Å². The lowest BCUT2D eigenvalue weighted by molar-refractivity contribution is 0.489. The minimum absolute atomic E-state index is 0.0433. The standard InChI is InChI=1S/C15H13F3/c1-3-10-4-6-11(7-5-10)12-8-13(16)9(2)14(17)15(12)18/h4-8H,3H2,1-2H3. The van der Waals surface area contributed by atoms with Gasteiger partial charge in [0.05, 0.1) is 0 Å². The molecule has 0 unspecified atom stereocenters. The minimum atomic E-state index is -1.12. The maximum atomic E-state index is 13.8. The van der Waals surface area contributed by atoms with E-state index < -0.39 is 17.5 Å². The Kier molecular flexibility index (Phi) is 3.41. The van der Waals surface area contributed by atoms with Crippen LogP contribution in [0.3, 0.4) is 0 Å². The molecule has 0 aromatic heterocycles. The van der Waals surface area contributed by atoms with Crippen LogP contribution in [0.2, 0.25) is 0 Å². The van der Waals surface area contributed by atoms with Crippen molar-refractivity contribution >= 4 is 0 Å². The van der Waals surface area contributed by atoms with Gasteiger partial charge in [0, 0.05) is 11.1 Å². The van der Waals surface area contributed by atoms with Crippen LogP contribution in [-0.2, 0) is 6.42 Å². The summed E-state index contributed by atoms with van der Waals surface area (Å²) in [5.41, 5.74) is 1.23. The summed E-state index contributed by atoms with van der Waals surface area (Å²) in [5.74, 6) is -2.86. The second kappa shape index (κ2) is 4.84. The summed E-state index contributed by atoms with van der Waals surface area (Å²) in [6.07, 6.45) is 0.860. The number of hydrogen-bond donors (Lipinski definition) is 0. The highest BCUT2D eigenvalue weighted by Crippen LogP contribution is 2.28. The molecule has 0 amide bonds. The van der Waals surface area contributed by atoms with Crippen molar-refractivity contribution < 1.29 is 13.2 Å². The molecule has 0 radical (unpaired) electrons. The lowest BCUT2D eigenvalue weighted by Gasteiger charge is -2.08. The lowest BCUT2D eigenvalue weighted by atomic mass is 10.0. The van der Waals surface area contributed by atoms with E-state index in [0.29, 0.717) is 5.56 Å². The summed E-state index contributed by atoms with van der Waals surface area (Å²) in [4.78, 5) is 0. The van der Waals surface area contributed by atoms with E-state index in [1.165, 1.54) is 6.92 Å². The van der Waals surface area contributed by atoms with Crippen molar-refractivity contribution in [2.45, 2.75) is 20.3 Å². The predicted octanol–water partition coefficient (Wildman–Crippen LogP) is 4.64. The van der Waals surface area contributed by atoms with Gasteiger partial charge < -0.3 is 0 Å². The van der Waals surface area contributed by atoms with Crippen molar-refractivity contribution in [2.24, 2.45) is 0 Å². The molecule has 0 fully saturated rings. The molecule has 0 N–H and O–H groups in total. The van der Waals surface area contributed by atoms with Crippen molar-refractivity contribution in [1.29, 1.82) is 0 Å². The Morgan fingerprint density at radius 1 is 0.944 bits per heavy atom. The van der Waals surface area contributed by atoms with Gasteiger partial charge in [-0.2, -0.15) is 0 Å². The van der Waals surface area contributed by atoms with Crippen molar-refractivity contribution in [2.75, 3.05) is 0 Å². The molecular formula is C15H13F3. The van der Waals surface area contributed by atoms with E-state index in [2.05, 4.69) is 0 Å². The molecule has 2 aromatic carbocycles. The van der Waals surface area contributed by atoms with Crippen molar-refractivity contribution in [3.63, 3.8) is 0 Å². The highest BCUT2D eigenvalue weighted by Gasteiger charge is 2.16. The molecule has 0 nitrogen and oxygen atoms in total. The lowest BCUT2D eigenvalue weighted by Crippen LogP contribution is -1.97. The fourth-order valence-electron chi connectivity index (χ4n) is 1.82. The van der Waals surface area contributed by atoms with Crippen molar-refractivity contribution in [1.82, 2.24) is 0 Å². The van der Waals surface area contributed by atoms with Crippen LogP contribution in [0, 0.1) is 24.4 Å². The Balaban J connectivity index is 2.56. The Labute approximate surface area is 104 Å². The molecule has 0 atom stereocenters. The summed E-state index contributed by atoms with van der Waals surface area (Å²) in [6, 6.07) is 8.03. The molecule has 0 aliphatic heterocycles. The van der Waals surface area contributed by atoms with Gasteiger partial charge in [0.25, 0.3) is 0 Å².